The Balaban J connectivity index is 0.00000225. The highest BCUT2D eigenvalue weighted by Gasteiger charge is 2.19. The fourth-order valence-corrected chi connectivity index (χ4v) is 2.93. The number of hydrogen-bond acceptors (Lipinski definition) is 7. The molecule has 0 aliphatic carbocycles. The quantitative estimate of drug-likeness (QED) is 0.573. The zero-order valence-electron chi connectivity index (χ0n) is 15.0. The number of nitrogens with two attached hydrogens (primary N) is 1. The molecule has 0 saturated heterocycles. The molecule has 1 aliphatic heterocycles. The third-order valence-corrected chi connectivity index (χ3v) is 4.35. The number of ether oxygens (including phenoxy) is 2. The van der Waals surface area contributed by atoms with Gasteiger partial charge in [0.1, 0.15) is 6.54 Å². The Morgan fingerprint density at radius 3 is 2.61 bits per heavy atom. The summed E-state index contributed by atoms with van der Waals surface area (Å²) in [6.07, 6.45) is 1.34. The molecule has 148 valence electrons. The minimum absolute atomic E-state index is 0. The molecule has 2 aromatic heterocycles. The summed E-state index contributed by atoms with van der Waals surface area (Å²) < 4.78 is 14.1. The molecule has 1 amide bonds. The molecule has 28 heavy (non-hydrogen) atoms. The molecule has 0 atom stereocenters. The fourth-order valence-electron chi connectivity index (χ4n) is 2.93. The molecule has 0 saturated carbocycles. The van der Waals surface area contributed by atoms with E-state index in [2.05, 4.69) is 10.3 Å². The number of imidazole rings is 1. The van der Waals surface area contributed by atoms with Gasteiger partial charge in [-0.15, -0.1) is 12.4 Å². The Labute approximate surface area is 163 Å². The Morgan fingerprint density at radius 2 is 1.89 bits per heavy atom. The van der Waals surface area contributed by atoms with Gasteiger partial charge >= 0.3 is 5.69 Å². The molecule has 0 unspecified atom stereocenters. The molecule has 4 rings (SSSR count). The third-order valence-electron chi connectivity index (χ3n) is 4.35. The van der Waals surface area contributed by atoms with Gasteiger partial charge in [0.15, 0.2) is 22.7 Å². The number of carbonyl (C=O) groups excluding carboxylic acids is 1. The lowest BCUT2D eigenvalue weighted by molar-refractivity contribution is -0.116. The molecular formula is C16H17ClN6O5. The van der Waals surface area contributed by atoms with Crippen LogP contribution in [0.1, 0.15) is 0 Å². The molecule has 12 heteroatoms. The molecule has 3 aromatic rings. The van der Waals surface area contributed by atoms with Gasteiger partial charge in [-0.1, -0.05) is 0 Å². The molecular weight excluding hydrogens is 392 g/mol. The zero-order valence-corrected chi connectivity index (χ0v) is 15.8. The second-order valence-electron chi connectivity index (χ2n) is 6.09. The van der Waals surface area contributed by atoms with E-state index in [0.717, 1.165) is 4.57 Å². The van der Waals surface area contributed by atoms with Crippen molar-refractivity contribution in [3.63, 3.8) is 0 Å². The minimum atomic E-state index is -0.527. The topological polar surface area (TPSA) is 135 Å². The first-order valence-electron chi connectivity index (χ1n) is 7.96. The molecule has 0 spiro atoms. The highest BCUT2D eigenvalue weighted by Crippen LogP contribution is 2.38. The highest BCUT2D eigenvalue weighted by molar-refractivity contribution is 5.95. The summed E-state index contributed by atoms with van der Waals surface area (Å²) in [5.41, 5.74) is 5.97. The number of anilines is 2. The Bertz CT molecular complexity index is 1210. The molecule has 1 aliphatic rings. The van der Waals surface area contributed by atoms with Gasteiger partial charge in [0.2, 0.25) is 12.7 Å². The van der Waals surface area contributed by atoms with E-state index in [4.69, 9.17) is 15.2 Å². The van der Waals surface area contributed by atoms with Crippen molar-refractivity contribution >= 4 is 40.9 Å². The summed E-state index contributed by atoms with van der Waals surface area (Å²) >= 11 is 0. The van der Waals surface area contributed by atoms with Crippen LogP contribution in [-0.4, -0.2) is 31.4 Å². The van der Waals surface area contributed by atoms with Crippen molar-refractivity contribution in [3.8, 4) is 11.5 Å². The van der Waals surface area contributed by atoms with Crippen molar-refractivity contribution in [2.24, 2.45) is 14.1 Å². The van der Waals surface area contributed by atoms with Crippen molar-refractivity contribution in [3.05, 3.63) is 39.3 Å². The maximum atomic E-state index is 12.5. The summed E-state index contributed by atoms with van der Waals surface area (Å²) in [5, 5.41) is 2.68. The average molecular weight is 409 g/mol. The van der Waals surface area contributed by atoms with Crippen LogP contribution in [0.4, 0.5) is 11.4 Å². The average Bonchev–Trinajstić information content (AvgIpc) is 3.25. The van der Waals surface area contributed by atoms with Gasteiger partial charge in [0, 0.05) is 26.2 Å². The van der Waals surface area contributed by atoms with E-state index in [-0.39, 0.29) is 36.9 Å². The number of nitrogens with one attached hydrogen (secondary N) is 1. The molecule has 11 nitrogen and oxygen atoms in total. The summed E-state index contributed by atoms with van der Waals surface area (Å²) in [6, 6.07) is 3.14. The molecule has 3 heterocycles. The van der Waals surface area contributed by atoms with Crippen LogP contribution >= 0.6 is 12.4 Å². The second-order valence-corrected chi connectivity index (χ2v) is 6.09. The van der Waals surface area contributed by atoms with E-state index >= 15 is 0 Å². The van der Waals surface area contributed by atoms with Crippen LogP contribution in [0.5, 0.6) is 11.5 Å². The molecule has 0 fully saturated rings. The number of benzene rings is 1. The van der Waals surface area contributed by atoms with Crippen molar-refractivity contribution in [1.29, 1.82) is 0 Å². The second kappa shape index (κ2) is 6.93. The van der Waals surface area contributed by atoms with Crippen LogP contribution in [0.3, 0.4) is 0 Å². The number of halogens is 1. The highest BCUT2D eigenvalue weighted by atomic mass is 35.5. The summed E-state index contributed by atoms with van der Waals surface area (Å²) in [4.78, 5) is 40.9. The number of nitrogen functional groups attached to an aromatic ring is 1. The first kappa shape index (κ1) is 19.3. The number of nitrogens with zero attached hydrogens (tertiary/aromatic N) is 4. The van der Waals surface area contributed by atoms with Crippen LogP contribution in [0.2, 0.25) is 0 Å². The van der Waals surface area contributed by atoms with E-state index in [1.807, 2.05) is 0 Å². The van der Waals surface area contributed by atoms with Gasteiger partial charge in [-0.25, -0.2) is 9.78 Å². The Kier molecular flexibility index (Phi) is 4.77. The van der Waals surface area contributed by atoms with Crippen molar-refractivity contribution in [2.45, 2.75) is 6.54 Å². The van der Waals surface area contributed by atoms with Gasteiger partial charge in [0.05, 0.1) is 17.7 Å². The van der Waals surface area contributed by atoms with Crippen molar-refractivity contribution < 1.29 is 14.3 Å². The van der Waals surface area contributed by atoms with Gasteiger partial charge in [-0.05, 0) is 0 Å². The van der Waals surface area contributed by atoms with Crippen molar-refractivity contribution in [2.75, 3.05) is 17.8 Å². The lowest BCUT2D eigenvalue weighted by Crippen LogP contribution is -2.37. The summed E-state index contributed by atoms with van der Waals surface area (Å²) in [6.45, 7) is -0.0902. The predicted molar refractivity (Wildman–Crippen MR) is 103 cm³/mol. The van der Waals surface area contributed by atoms with Crippen LogP contribution in [0.25, 0.3) is 11.2 Å². The van der Waals surface area contributed by atoms with E-state index in [9.17, 15) is 14.4 Å². The SMILES string of the molecule is Cl.Cn1c(=O)c2c(ncn2CC(=O)Nc2cc3c(cc2N)OCO3)n(C)c1=O. The predicted octanol–water partition coefficient (Wildman–Crippen LogP) is -0.195. The normalized spacial score (nSPS) is 12.1. The largest absolute Gasteiger partial charge is 0.454 e. The Hall–Kier alpha value is -3.47. The third kappa shape index (κ3) is 2.95. The van der Waals surface area contributed by atoms with Crippen LogP contribution < -0.4 is 31.8 Å². The number of hydrogen-bond donors (Lipinski definition) is 2. The number of rotatable bonds is 3. The van der Waals surface area contributed by atoms with Gasteiger partial charge in [0.25, 0.3) is 5.56 Å². The van der Waals surface area contributed by atoms with Crippen LogP contribution in [0.15, 0.2) is 28.0 Å². The minimum Gasteiger partial charge on any atom is -0.454 e. The smallest absolute Gasteiger partial charge is 0.332 e. The van der Waals surface area contributed by atoms with Crippen LogP contribution in [0, 0.1) is 0 Å². The standard InChI is InChI=1S/C16H16N6O5.ClH/c1-20-14-13(15(24)21(2)16(20)25)22(6-18-14)5-12(23)19-9-4-11-10(3-8(9)17)26-7-27-11;/h3-4,6H,5,7,17H2,1-2H3,(H,19,23);1H. The molecule has 1 aromatic carbocycles. The molecule has 0 bridgehead atoms. The monoisotopic (exact) mass is 408 g/mol. The summed E-state index contributed by atoms with van der Waals surface area (Å²) in [7, 11) is 2.88. The van der Waals surface area contributed by atoms with Gasteiger partial charge < -0.3 is 25.1 Å². The Morgan fingerprint density at radius 1 is 1.21 bits per heavy atom. The maximum Gasteiger partial charge on any atom is 0.332 e. The number of amides is 1. The number of carbonyl (C=O) groups is 1. The number of aryl methyl sites for hydroxylation is 1. The van der Waals surface area contributed by atoms with Gasteiger partial charge in [-0.3, -0.25) is 18.7 Å². The maximum absolute atomic E-state index is 12.5. The fraction of sp³-hybridized carbons (Fsp3) is 0.250. The number of aromatic nitrogens is 4. The summed E-state index contributed by atoms with van der Waals surface area (Å²) in [5.74, 6) is 0.572. The van der Waals surface area contributed by atoms with Gasteiger partial charge in [-0.2, -0.15) is 0 Å². The zero-order chi connectivity index (χ0) is 19.3. The van der Waals surface area contributed by atoms with E-state index < -0.39 is 17.2 Å². The first-order chi connectivity index (χ1) is 12.9. The van der Waals surface area contributed by atoms with E-state index in [1.54, 1.807) is 12.1 Å². The van der Waals surface area contributed by atoms with E-state index in [0.29, 0.717) is 22.9 Å². The number of fused-ring (bicyclic) bond motifs is 2. The van der Waals surface area contributed by atoms with Crippen LogP contribution in [-0.2, 0) is 25.4 Å². The molecule has 0 radical (unpaired) electrons. The van der Waals surface area contributed by atoms with E-state index in [1.165, 1.54) is 29.6 Å². The lowest BCUT2D eigenvalue weighted by atomic mass is 10.2. The van der Waals surface area contributed by atoms with Crippen molar-refractivity contribution in [1.82, 2.24) is 18.7 Å². The lowest BCUT2D eigenvalue weighted by Gasteiger charge is -2.10. The molecule has 3 N–H and O–H groups in total. The first-order valence-corrected chi connectivity index (χ1v) is 7.96.